The van der Waals surface area contributed by atoms with E-state index in [1.165, 1.54) is 51.4 Å². The first-order valence-electron chi connectivity index (χ1n) is 7.36. The van der Waals surface area contributed by atoms with Gasteiger partial charge in [0, 0.05) is 18.3 Å². The molecule has 0 saturated heterocycles. The van der Waals surface area contributed by atoms with Crippen LogP contribution in [-0.4, -0.2) is 31.3 Å². The van der Waals surface area contributed by atoms with Gasteiger partial charge in [0.2, 0.25) is 0 Å². The van der Waals surface area contributed by atoms with Crippen LogP contribution < -0.4 is 5.32 Å². The summed E-state index contributed by atoms with van der Waals surface area (Å²) in [6, 6.07) is 0.530. The summed E-state index contributed by atoms with van der Waals surface area (Å²) in [5, 5.41) is 3.42. The van der Waals surface area contributed by atoms with Crippen molar-refractivity contribution in [2.45, 2.75) is 64.3 Å². The minimum absolute atomic E-state index is 0.413. The molecule has 6 heteroatoms. The molecule has 1 aliphatic rings. The van der Waals surface area contributed by atoms with Crippen molar-refractivity contribution >= 4 is 19.9 Å². The summed E-state index contributed by atoms with van der Waals surface area (Å²) < 4.78 is 29.8. The first-order chi connectivity index (χ1) is 9.01. The summed E-state index contributed by atoms with van der Waals surface area (Å²) in [6.07, 6.45) is 10.3. The van der Waals surface area contributed by atoms with Gasteiger partial charge in [-0.3, -0.25) is 4.55 Å². The van der Waals surface area contributed by atoms with Crippen LogP contribution in [0.4, 0.5) is 0 Å². The molecule has 2 unspecified atom stereocenters. The highest BCUT2D eigenvalue weighted by Gasteiger charge is 2.21. The van der Waals surface area contributed by atoms with E-state index in [1.54, 1.807) is 0 Å². The quantitative estimate of drug-likeness (QED) is 0.389. The largest absolute Gasteiger partial charge is 0.319 e. The van der Waals surface area contributed by atoms with Gasteiger partial charge in [0.15, 0.2) is 0 Å². The first-order valence-corrected chi connectivity index (χ1v) is 10.3. The lowest BCUT2D eigenvalue weighted by Crippen LogP contribution is -2.35. The van der Waals surface area contributed by atoms with Gasteiger partial charge in [0.25, 0.3) is 0 Å². The van der Waals surface area contributed by atoms with Crippen LogP contribution in [0.2, 0.25) is 0 Å². The van der Waals surface area contributed by atoms with Crippen molar-refractivity contribution in [2.75, 3.05) is 12.3 Å². The lowest BCUT2D eigenvalue weighted by Gasteiger charge is -2.30. The third-order valence-electron chi connectivity index (χ3n) is 3.77. The minimum Gasteiger partial charge on any atom is -0.313 e. The monoisotopic (exact) mass is 309 g/mol. The van der Waals surface area contributed by atoms with Gasteiger partial charge >= 0.3 is 9.15 Å². The predicted octanol–water partition coefficient (Wildman–Crippen LogP) is 3.25. The molecule has 1 rings (SSSR count). The topological polar surface area (TPSA) is 66.4 Å². The standard InChI is InChI=1S/C13H27NO3S2/c1-2-3-4-6-12-7-5-8-13(11-12)14-9-10-18-19(15,16)17/h12-14H,2-11H2,1H3,(H,15,16,17). The van der Waals surface area contributed by atoms with E-state index in [-0.39, 0.29) is 0 Å². The zero-order valence-electron chi connectivity index (χ0n) is 11.8. The van der Waals surface area contributed by atoms with Crippen molar-refractivity contribution in [3.8, 4) is 0 Å². The van der Waals surface area contributed by atoms with Crippen molar-refractivity contribution in [3.63, 3.8) is 0 Å². The normalized spacial score (nSPS) is 24.5. The average Bonchev–Trinajstić information content (AvgIpc) is 2.35. The van der Waals surface area contributed by atoms with Gasteiger partial charge in [-0.05, 0) is 29.6 Å². The minimum atomic E-state index is -3.88. The zero-order chi connectivity index (χ0) is 14.1. The summed E-state index contributed by atoms with van der Waals surface area (Å²) >= 11 is 0. The van der Waals surface area contributed by atoms with E-state index in [2.05, 4.69) is 12.2 Å². The molecule has 0 radical (unpaired) electrons. The Morgan fingerprint density at radius 3 is 2.79 bits per heavy atom. The Kier molecular flexibility index (Phi) is 8.37. The molecule has 2 atom stereocenters. The molecule has 0 amide bonds. The molecule has 0 aromatic carbocycles. The fraction of sp³-hybridized carbons (Fsp3) is 1.00. The highest BCUT2D eigenvalue weighted by atomic mass is 33.1. The second-order valence-electron chi connectivity index (χ2n) is 5.43. The third kappa shape index (κ3) is 8.89. The van der Waals surface area contributed by atoms with E-state index < -0.39 is 9.15 Å². The molecule has 0 aromatic rings. The summed E-state index contributed by atoms with van der Waals surface area (Å²) in [5.41, 5.74) is 0. The summed E-state index contributed by atoms with van der Waals surface area (Å²) in [6.45, 7) is 2.88. The van der Waals surface area contributed by atoms with E-state index in [1.807, 2.05) is 0 Å². The Hall–Kier alpha value is 0.220. The second kappa shape index (κ2) is 9.21. The van der Waals surface area contributed by atoms with Crippen LogP contribution in [-0.2, 0) is 9.15 Å². The maximum atomic E-state index is 10.6. The Labute approximate surface area is 121 Å². The van der Waals surface area contributed by atoms with Gasteiger partial charge in [-0.15, -0.1) is 0 Å². The van der Waals surface area contributed by atoms with Gasteiger partial charge in [-0.2, -0.15) is 8.42 Å². The SMILES string of the molecule is CCCCCC1CCCC(NCCSS(=O)(=O)O)C1. The van der Waals surface area contributed by atoms with Crippen molar-refractivity contribution < 1.29 is 13.0 Å². The van der Waals surface area contributed by atoms with E-state index in [9.17, 15) is 8.42 Å². The highest BCUT2D eigenvalue weighted by Crippen LogP contribution is 2.28. The number of nitrogens with one attached hydrogen (secondary N) is 1. The third-order valence-corrected chi connectivity index (χ3v) is 5.83. The Bertz CT molecular complexity index is 333. The molecule has 1 aliphatic carbocycles. The molecule has 0 heterocycles. The van der Waals surface area contributed by atoms with Crippen molar-refractivity contribution in [3.05, 3.63) is 0 Å². The molecule has 0 aliphatic heterocycles. The molecular formula is C13H27NO3S2. The molecule has 0 bridgehead atoms. The summed E-state index contributed by atoms with van der Waals surface area (Å²) in [4.78, 5) is 0. The van der Waals surface area contributed by atoms with Crippen LogP contribution in [0.15, 0.2) is 0 Å². The van der Waals surface area contributed by atoms with E-state index in [0.717, 1.165) is 5.92 Å². The van der Waals surface area contributed by atoms with E-state index >= 15 is 0 Å². The molecule has 0 spiro atoms. The second-order valence-corrected chi connectivity index (χ2v) is 8.90. The van der Waals surface area contributed by atoms with Crippen molar-refractivity contribution in [2.24, 2.45) is 5.92 Å². The zero-order valence-corrected chi connectivity index (χ0v) is 13.4. The number of rotatable bonds is 9. The summed E-state index contributed by atoms with van der Waals surface area (Å²) in [5.74, 6) is 1.25. The van der Waals surface area contributed by atoms with Crippen LogP contribution in [0.25, 0.3) is 0 Å². The predicted molar refractivity (Wildman–Crippen MR) is 81.9 cm³/mol. The molecular weight excluding hydrogens is 282 g/mol. The first kappa shape index (κ1) is 17.3. The maximum absolute atomic E-state index is 10.6. The molecule has 1 fully saturated rings. The molecule has 19 heavy (non-hydrogen) atoms. The van der Waals surface area contributed by atoms with Crippen LogP contribution in [0.5, 0.6) is 0 Å². The van der Waals surface area contributed by atoms with Crippen LogP contribution >= 0.6 is 10.8 Å². The van der Waals surface area contributed by atoms with Gasteiger partial charge in [0.1, 0.15) is 0 Å². The van der Waals surface area contributed by atoms with Gasteiger partial charge in [0.05, 0.1) is 0 Å². The Morgan fingerprint density at radius 1 is 1.32 bits per heavy atom. The van der Waals surface area contributed by atoms with Gasteiger partial charge in [-0.1, -0.05) is 45.4 Å². The Balaban J connectivity index is 2.13. The van der Waals surface area contributed by atoms with E-state index in [0.29, 0.717) is 29.1 Å². The molecule has 114 valence electrons. The number of unbranched alkanes of at least 4 members (excludes halogenated alkanes) is 2. The number of hydrogen-bond acceptors (Lipinski definition) is 4. The van der Waals surface area contributed by atoms with E-state index in [4.69, 9.17) is 4.55 Å². The average molecular weight is 309 g/mol. The molecule has 4 nitrogen and oxygen atoms in total. The number of hydrogen-bond donors (Lipinski definition) is 2. The van der Waals surface area contributed by atoms with Crippen LogP contribution in [0.3, 0.4) is 0 Å². The molecule has 0 aromatic heterocycles. The smallest absolute Gasteiger partial charge is 0.313 e. The lowest BCUT2D eigenvalue weighted by molar-refractivity contribution is 0.271. The van der Waals surface area contributed by atoms with Crippen LogP contribution in [0.1, 0.15) is 58.3 Å². The molecule has 2 N–H and O–H groups in total. The fourth-order valence-corrected chi connectivity index (χ4v) is 4.13. The van der Waals surface area contributed by atoms with Gasteiger partial charge < -0.3 is 5.32 Å². The maximum Gasteiger partial charge on any atom is 0.319 e. The highest BCUT2D eigenvalue weighted by molar-refractivity contribution is 8.69. The van der Waals surface area contributed by atoms with Crippen molar-refractivity contribution in [1.29, 1.82) is 0 Å². The van der Waals surface area contributed by atoms with Gasteiger partial charge in [-0.25, -0.2) is 0 Å². The Morgan fingerprint density at radius 2 is 2.11 bits per heavy atom. The van der Waals surface area contributed by atoms with Crippen molar-refractivity contribution in [1.82, 2.24) is 5.32 Å². The summed E-state index contributed by atoms with van der Waals surface area (Å²) in [7, 11) is -3.27. The molecule has 1 saturated carbocycles. The fourth-order valence-electron chi connectivity index (χ4n) is 2.83. The van der Waals surface area contributed by atoms with Crippen LogP contribution in [0, 0.1) is 5.92 Å². The lowest BCUT2D eigenvalue weighted by atomic mass is 9.82.